The Labute approximate surface area is 598 Å². The van der Waals surface area contributed by atoms with Gasteiger partial charge in [0.25, 0.3) is 0 Å². The number of nitrogen functional groups attached to an aromatic ring is 3. The largest absolute Gasteiger partial charge is 0.497 e. The molecule has 0 saturated carbocycles. The van der Waals surface area contributed by atoms with Gasteiger partial charge in [-0.3, -0.25) is 13.2 Å². The van der Waals surface area contributed by atoms with Gasteiger partial charge in [0.1, 0.15) is 90.8 Å². The Morgan fingerprint density at radius 2 is 0.827 bits per heavy atom. The van der Waals surface area contributed by atoms with Crippen molar-refractivity contribution in [1.29, 1.82) is 0 Å². The van der Waals surface area contributed by atoms with E-state index in [0.717, 1.165) is 114 Å². The Balaban J connectivity index is 0.000000126. The van der Waals surface area contributed by atoms with E-state index in [4.69, 9.17) is 41.6 Å². The Morgan fingerprint density at radius 1 is 0.462 bits per heavy atom. The van der Waals surface area contributed by atoms with E-state index >= 15 is 0 Å². The van der Waals surface area contributed by atoms with Crippen molar-refractivity contribution in [3.63, 3.8) is 0 Å². The number of sulfonamides is 3. The van der Waals surface area contributed by atoms with E-state index in [9.17, 15) is 29.6 Å². The number of piperidine rings is 3. The number of halogens is 1. The number of ether oxygens (including phenoxy) is 2. The standard InChI is InChI=1S/C27H28N6O4S.C25H23FN6O2S.C22H26N6O2S/c1-36-19-7-8-22(37-2)23(16-19)38(34,35)32-12-9-17(10-13-32)27-31-24(25-26(28)29-11-14-33(25)27)21-15-18-5-3-4-6-20(18)30-21;26-18-5-7-19(8-6-18)35(33,34)31-12-9-16(10-13-31)25-30-22(23-24(27)28-11-14-32(23)25)21-15-17-3-1-2-4-20(17)29-21;1-14(2)31(29,30)27-10-7-15(8-11-27)22-26-19(20-21(23)24-9-12-28(20)22)18-13-16-5-3-4-6-17(16)25-18/h3-8,11,14-17,30H,9-10,12-13H2,1-2H3,(H2,28,29);1-8,11,14-16,29H,9-10,12-13H2,(H2,27,28);3-6,9,12-15,25H,7-8,10-11H2,1-2H3,(H2,23,24). The van der Waals surface area contributed by atoms with Crippen LogP contribution in [0.5, 0.6) is 11.5 Å². The van der Waals surface area contributed by atoms with Crippen molar-refractivity contribution >= 4 is 96.8 Å². The smallest absolute Gasteiger partial charge is 0.246 e. The second kappa shape index (κ2) is 27.8. The van der Waals surface area contributed by atoms with Gasteiger partial charge < -0.3 is 41.6 Å². The molecule has 0 unspecified atom stereocenters. The average Bonchev–Trinajstić information content (AvgIpc) is 1.62. The van der Waals surface area contributed by atoms with Crippen LogP contribution in [0, 0.1) is 5.82 Å². The number of anilines is 3. The number of aromatic amines is 3. The predicted octanol–water partition coefficient (Wildman–Crippen LogP) is 11.6. The number of nitrogens with two attached hydrogens (primary N) is 3. The van der Waals surface area contributed by atoms with Gasteiger partial charge in [-0.15, -0.1) is 0 Å². The molecule has 3 fully saturated rings. The van der Waals surface area contributed by atoms with Gasteiger partial charge in [-0.2, -0.15) is 8.61 Å². The molecule has 0 radical (unpaired) electrons. The van der Waals surface area contributed by atoms with Gasteiger partial charge in [0, 0.05) is 133 Å². The molecule has 3 aliphatic rings. The predicted molar refractivity (Wildman–Crippen MR) is 399 cm³/mol. The Bertz CT molecular complexity index is 5810. The first-order chi connectivity index (χ1) is 50.2. The molecule has 3 saturated heterocycles. The highest BCUT2D eigenvalue weighted by Gasteiger charge is 2.37. The summed E-state index contributed by atoms with van der Waals surface area (Å²) < 4.78 is 113. The molecule has 12 heterocycles. The number of nitrogens with zero attached hydrogens (tertiary/aromatic N) is 12. The van der Waals surface area contributed by atoms with Gasteiger partial charge in [0.2, 0.25) is 30.1 Å². The summed E-state index contributed by atoms with van der Waals surface area (Å²) in [6.07, 6.45) is 14.5. The van der Waals surface area contributed by atoms with Crippen molar-refractivity contribution in [2.45, 2.75) is 85.2 Å². The number of H-pyrrole nitrogens is 3. The number of fused-ring (bicyclic) bond motifs is 6. The SMILES string of the molecule is CC(C)S(=O)(=O)N1CCC(c2nc(-c3cc4ccccc4[nH]3)c3c(N)nccn23)CC1.COc1ccc(OC)c(S(=O)(=O)N2CCC(c3nc(-c4cc5ccccc5[nH]4)c4c(N)nccn34)CC2)c1.Nc1nccn2c(C3CCN(S(=O)(=O)c4ccc(F)cc4)CC3)nc(-c3cc4ccccc4[nH]3)c12. The summed E-state index contributed by atoms with van der Waals surface area (Å²) in [5.41, 5.74) is 29.0. The molecule has 0 aliphatic carbocycles. The van der Waals surface area contributed by atoms with Crippen molar-refractivity contribution in [3.05, 3.63) is 194 Å². The lowest BCUT2D eigenvalue weighted by atomic mass is 9.97. The van der Waals surface area contributed by atoms with Crippen molar-refractivity contribution in [2.75, 3.05) is 70.7 Å². The van der Waals surface area contributed by atoms with Crippen molar-refractivity contribution < 1.29 is 39.1 Å². The average molecular weight is 1460 g/mol. The van der Waals surface area contributed by atoms with Crippen molar-refractivity contribution in [2.24, 2.45) is 0 Å². The summed E-state index contributed by atoms with van der Waals surface area (Å²) in [5, 5.41) is 2.86. The van der Waals surface area contributed by atoms with E-state index in [1.54, 1.807) is 48.9 Å². The number of hydrogen-bond acceptors (Lipinski definition) is 17. The molecule has 0 bridgehead atoms. The number of hydrogen-bond donors (Lipinski definition) is 6. The van der Waals surface area contributed by atoms with E-state index in [-0.39, 0.29) is 33.3 Å². The molecule has 0 amide bonds. The second-order valence-electron chi connectivity index (χ2n) is 26.5. The monoisotopic (exact) mass is 1460 g/mol. The molecule has 26 nitrogen and oxygen atoms in total. The Kier molecular flexibility index (Phi) is 18.4. The van der Waals surface area contributed by atoms with Crippen LogP contribution in [-0.4, -0.2) is 155 Å². The minimum absolute atomic E-state index is 0.0427. The quantitative estimate of drug-likeness (QED) is 0.0589. The van der Waals surface area contributed by atoms with Gasteiger partial charge in [-0.1, -0.05) is 54.6 Å². The van der Waals surface area contributed by atoms with Crippen molar-refractivity contribution in [1.82, 2.24) is 71.0 Å². The molecule has 9 N–H and O–H groups in total. The third-order valence-corrected chi connectivity index (χ3v) is 26.1. The van der Waals surface area contributed by atoms with Crippen LogP contribution >= 0.6 is 0 Å². The summed E-state index contributed by atoms with van der Waals surface area (Å²) in [6, 6.07) is 40.1. The zero-order valence-electron chi connectivity index (χ0n) is 57.4. The van der Waals surface area contributed by atoms with Crippen LogP contribution in [-0.2, 0) is 30.1 Å². The number of benzene rings is 5. The van der Waals surface area contributed by atoms with Crippen molar-refractivity contribution in [3.8, 4) is 45.7 Å². The highest BCUT2D eigenvalue weighted by Crippen LogP contribution is 2.41. The fraction of sp³-hybridized carbons (Fsp3) is 0.270. The molecule has 0 spiro atoms. The van der Waals surface area contributed by atoms with Crippen LogP contribution in [0.2, 0.25) is 0 Å². The number of imidazole rings is 3. The maximum Gasteiger partial charge on any atom is 0.246 e. The molecule has 5 aromatic carbocycles. The van der Waals surface area contributed by atoms with E-state index in [1.807, 2.05) is 105 Å². The van der Waals surface area contributed by atoms with Crippen LogP contribution < -0.4 is 26.7 Å². The topological polar surface area (TPSA) is 347 Å². The first-order valence-corrected chi connectivity index (χ1v) is 38.6. The minimum Gasteiger partial charge on any atom is -0.497 e. The summed E-state index contributed by atoms with van der Waals surface area (Å²) >= 11 is 0. The fourth-order valence-electron chi connectivity index (χ4n) is 14.5. The maximum absolute atomic E-state index is 13.6. The number of aromatic nitrogens is 12. The first-order valence-electron chi connectivity index (χ1n) is 34.3. The van der Waals surface area contributed by atoms with E-state index in [0.29, 0.717) is 88.2 Å². The molecular weight excluding hydrogens is 1380 g/mol. The summed E-state index contributed by atoms with van der Waals surface area (Å²) in [6.45, 7) is 5.86. The number of nitrogens with one attached hydrogen (secondary N) is 3. The van der Waals surface area contributed by atoms with Crippen LogP contribution in [0.4, 0.5) is 21.8 Å². The number of methoxy groups -OCH3 is 2. The molecule has 3 aliphatic heterocycles. The van der Waals surface area contributed by atoms with Gasteiger partial charge >= 0.3 is 0 Å². The van der Waals surface area contributed by atoms with Crippen LogP contribution in [0.3, 0.4) is 0 Å². The van der Waals surface area contributed by atoms with Gasteiger partial charge in [0.15, 0.2) is 0 Å². The summed E-state index contributed by atoms with van der Waals surface area (Å²) in [7, 11) is -7.73. The fourth-order valence-corrected chi connectivity index (χ4v) is 19.0. The minimum atomic E-state index is -3.78. The molecule has 0 atom stereocenters. The van der Waals surface area contributed by atoms with Gasteiger partial charge in [0.05, 0.1) is 41.4 Å². The second-order valence-corrected chi connectivity index (χ2v) is 32.8. The number of para-hydroxylation sites is 3. The van der Waals surface area contributed by atoms with Gasteiger partial charge in [-0.25, -0.2) is 63.9 Å². The highest BCUT2D eigenvalue weighted by atomic mass is 32.2. The van der Waals surface area contributed by atoms with Crippen LogP contribution in [0.25, 0.3) is 83.4 Å². The Hall–Kier alpha value is -10.8. The van der Waals surface area contributed by atoms with E-state index in [1.165, 1.54) is 53.2 Å². The summed E-state index contributed by atoms with van der Waals surface area (Å²) in [4.78, 5) is 38.4. The molecule has 536 valence electrons. The first kappa shape index (κ1) is 69.0. The zero-order valence-corrected chi connectivity index (χ0v) is 59.9. The van der Waals surface area contributed by atoms with E-state index < -0.39 is 41.1 Å². The maximum atomic E-state index is 13.6. The molecule has 9 aromatic heterocycles. The van der Waals surface area contributed by atoms with Gasteiger partial charge in [-0.05, 0) is 125 Å². The number of rotatable bonds is 14. The molecule has 14 aromatic rings. The molecular formula is C74H77FN18O8S3. The Morgan fingerprint density at radius 3 is 1.18 bits per heavy atom. The molecule has 104 heavy (non-hydrogen) atoms. The molecule has 17 rings (SSSR count). The normalized spacial score (nSPS) is 15.9. The molecule has 30 heteroatoms. The third kappa shape index (κ3) is 12.8. The van der Waals surface area contributed by atoms with E-state index in [2.05, 4.69) is 48.1 Å². The van der Waals surface area contributed by atoms with Crippen LogP contribution in [0.1, 0.15) is 87.6 Å². The lowest BCUT2D eigenvalue weighted by Crippen LogP contribution is -2.41. The highest BCUT2D eigenvalue weighted by molar-refractivity contribution is 7.90. The van der Waals surface area contributed by atoms with Crippen LogP contribution in [0.15, 0.2) is 180 Å². The summed E-state index contributed by atoms with van der Waals surface area (Å²) in [5.74, 6) is 4.30. The lowest BCUT2D eigenvalue weighted by Gasteiger charge is -2.31. The third-order valence-electron chi connectivity index (χ3n) is 20.0. The zero-order chi connectivity index (χ0) is 72.3. The lowest BCUT2D eigenvalue weighted by molar-refractivity contribution is 0.310.